The van der Waals surface area contributed by atoms with Crippen LogP contribution in [0.5, 0.6) is 0 Å². The van der Waals surface area contributed by atoms with Crippen molar-refractivity contribution < 1.29 is 4.79 Å². The van der Waals surface area contributed by atoms with Crippen molar-refractivity contribution in [3.63, 3.8) is 0 Å². The van der Waals surface area contributed by atoms with Crippen LogP contribution in [0.3, 0.4) is 0 Å². The SMILES string of the molecule is C=c1[nH]c(=O)c(-c2[nH]c3ccc(C(=O)NCc4ccccc4)cc3c2N)n/c1=C/C=C\C. The van der Waals surface area contributed by atoms with Gasteiger partial charge >= 0.3 is 0 Å². The Balaban J connectivity index is 1.70. The highest BCUT2D eigenvalue weighted by molar-refractivity contribution is 6.04. The van der Waals surface area contributed by atoms with Crippen LogP contribution in [-0.2, 0) is 6.54 Å². The number of anilines is 1. The van der Waals surface area contributed by atoms with Gasteiger partial charge in [-0.05, 0) is 36.8 Å². The smallest absolute Gasteiger partial charge is 0.276 e. The lowest BCUT2D eigenvalue weighted by atomic mass is 10.1. The molecule has 0 aliphatic rings. The number of fused-ring (bicyclic) bond motifs is 1. The summed E-state index contributed by atoms with van der Waals surface area (Å²) in [4.78, 5) is 35.5. The summed E-state index contributed by atoms with van der Waals surface area (Å²) in [5, 5.41) is 4.51. The Hall–Kier alpha value is -4.39. The maximum absolute atomic E-state index is 12.6. The number of allylic oxidation sites excluding steroid dienone is 2. The van der Waals surface area contributed by atoms with Gasteiger partial charge in [0.2, 0.25) is 0 Å². The molecule has 32 heavy (non-hydrogen) atoms. The third kappa shape index (κ3) is 4.09. The summed E-state index contributed by atoms with van der Waals surface area (Å²) >= 11 is 0. The van der Waals surface area contributed by atoms with E-state index in [1.165, 1.54) is 0 Å². The zero-order valence-electron chi connectivity index (χ0n) is 17.6. The van der Waals surface area contributed by atoms with Crippen molar-refractivity contribution >= 4 is 35.2 Å². The van der Waals surface area contributed by atoms with E-state index in [4.69, 9.17) is 5.73 Å². The zero-order valence-corrected chi connectivity index (χ0v) is 17.6. The quantitative estimate of drug-likeness (QED) is 0.392. The highest BCUT2D eigenvalue weighted by Gasteiger charge is 2.17. The molecule has 4 aromatic rings. The summed E-state index contributed by atoms with van der Waals surface area (Å²) in [5.41, 5.74) is 9.08. The molecule has 2 heterocycles. The van der Waals surface area contributed by atoms with Gasteiger partial charge in [-0.15, -0.1) is 0 Å². The average Bonchev–Trinajstić information content (AvgIpc) is 3.13. The van der Waals surface area contributed by atoms with Gasteiger partial charge in [-0.1, -0.05) is 49.1 Å². The molecule has 160 valence electrons. The molecular formula is C25H23N5O2. The van der Waals surface area contributed by atoms with Crippen LogP contribution in [0.2, 0.25) is 0 Å². The van der Waals surface area contributed by atoms with Gasteiger partial charge in [0.1, 0.15) is 0 Å². The van der Waals surface area contributed by atoms with E-state index in [0.717, 1.165) is 5.56 Å². The second kappa shape index (κ2) is 8.77. The number of aromatic amines is 2. The number of nitrogens with two attached hydrogens (primary N) is 1. The molecule has 7 nitrogen and oxygen atoms in total. The standard InChI is InChI=1S/C25H23N5O2/c1-3-4-10-19-15(2)28-25(32)23(29-19)22-21(26)18-13-17(11-12-20(18)30-22)24(31)27-14-16-8-6-5-7-9-16/h3-13,30H,2,14,26H2,1H3,(H,27,31)(H,28,32)/b4-3-,19-10+. The van der Waals surface area contributed by atoms with Crippen LogP contribution in [0.1, 0.15) is 22.8 Å². The predicted octanol–water partition coefficient (Wildman–Crippen LogP) is 2.20. The van der Waals surface area contributed by atoms with Crippen LogP contribution >= 0.6 is 0 Å². The number of aromatic nitrogens is 3. The molecule has 0 saturated heterocycles. The zero-order chi connectivity index (χ0) is 22.7. The van der Waals surface area contributed by atoms with E-state index in [-0.39, 0.29) is 11.6 Å². The third-order valence-electron chi connectivity index (χ3n) is 5.10. The normalized spacial score (nSPS) is 12.0. The van der Waals surface area contributed by atoms with E-state index >= 15 is 0 Å². The third-order valence-corrected chi connectivity index (χ3v) is 5.10. The van der Waals surface area contributed by atoms with Crippen LogP contribution in [0, 0.1) is 0 Å². The minimum absolute atomic E-state index is 0.164. The molecule has 2 aromatic heterocycles. The summed E-state index contributed by atoms with van der Waals surface area (Å²) in [6.45, 7) is 6.14. The van der Waals surface area contributed by atoms with Crippen LogP contribution in [-0.4, -0.2) is 20.9 Å². The molecule has 2 aromatic carbocycles. The lowest BCUT2D eigenvalue weighted by molar-refractivity contribution is 0.0951. The van der Waals surface area contributed by atoms with Crippen LogP contribution in [0.15, 0.2) is 65.5 Å². The lowest BCUT2D eigenvalue weighted by Gasteiger charge is -2.05. The van der Waals surface area contributed by atoms with Gasteiger partial charge in [-0.25, -0.2) is 4.98 Å². The number of carbonyl (C=O) groups is 1. The number of carbonyl (C=O) groups excluding carboxylic acids is 1. The first-order valence-corrected chi connectivity index (χ1v) is 10.1. The molecule has 5 N–H and O–H groups in total. The first-order valence-electron chi connectivity index (χ1n) is 10.1. The number of H-pyrrole nitrogens is 2. The summed E-state index contributed by atoms with van der Waals surface area (Å²) in [5.74, 6) is -0.210. The van der Waals surface area contributed by atoms with Gasteiger partial charge in [0.05, 0.1) is 22.1 Å². The van der Waals surface area contributed by atoms with E-state index in [1.807, 2.05) is 49.4 Å². The number of nitrogens with one attached hydrogen (secondary N) is 3. The number of benzene rings is 2. The van der Waals surface area contributed by atoms with Crippen LogP contribution < -0.4 is 27.3 Å². The van der Waals surface area contributed by atoms with E-state index in [9.17, 15) is 9.59 Å². The Kier molecular flexibility index (Phi) is 5.72. The van der Waals surface area contributed by atoms with E-state index in [2.05, 4.69) is 26.8 Å². The molecule has 0 unspecified atom stereocenters. The van der Waals surface area contributed by atoms with Gasteiger partial charge in [0.25, 0.3) is 11.5 Å². The maximum atomic E-state index is 12.6. The van der Waals surface area contributed by atoms with Crippen molar-refractivity contribution in [3.05, 3.63) is 92.9 Å². The first-order chi connectivity index (χ1) is 15.5. The minimum atomic E-state index is -0.397. The molecule has 7 heteroatoms. The second-order valence-electron chi connectivity index (χ2n) is 7.31. The Bertz CT molecular complexity index is 1500. The molecule has 0 radical (unpaired) electrons. The van der Waals surface area contributed by atoms with Gasteiger partial charge in [0.15, 0.2) is 5.69 Å². The van der Waals surface area contributed by atoms with Crippen LogP contribution in [0.4, 0.5) is 5.69 Å². The molecule has 0 aliphatic carbocycles. The Morgan fingerprint density at radius 1 is 1.19 bits per heavy atom. The predicted molar refractivity (Wildman–Crippen MR) is 128 cm³/mol. The average molecular weight is 425 g/mol. The van der Waals surface area contributed by atoms with Crippen LogP contribution in [0.25, 0.3) is 34.9 Å². The summed E-state index contributed by atoms with van der Waals surface area (Å²) in [6.07, 6.45) is 5.43. The highest BCUT2D eigenvalue weighted by atomic mass is 16.1. The van der Waals surface area contributed by atoms with E-state index < -0.39 is 5.56 Å². The molecule has 0 atom stereocenters. The molecule has 0 bridgehead atoms. The van der Waals surface area contributed by atoms with E-state index in [0.29, 0.717) is 45.1 Å². The Morgan fingerprint density at radius 3 is 2.72 bits per heavy atom. The summed E-state index contributed by atoms with van der Waals surface area (Å²) < 4.78 is 0. The summed E-state index contributed by atoms with van der Waals surface area (Å²) in [7, 11) is 0. The molecule has 0 fully saturated rings. The molecule has 0 saturated carbocycles. The maximum Gasteiger partial charge on any atom is 0.276 e. The van der Waals surface area contributed by atoms with Crippen molar-refractivity contribution in [3.8, 4) is 11.4 Å². The largest absolute Gasteiger partial charge is 0.396 e. The van der Waals surface area contributed by atoms with Crippen molar-refractivity contribution in [2.75, 3.05) is 5.73 Å². The fourth-order valence-electron chi connectivity index (χ4n) is 3.41. The van der Waals surface area contributed by atoms with Gasteiger partial charge in [0, 0.05) is 23.0 Å². The monoisotopic (exact) mass is 425 g/mol. The van der Waals surface area contributed by atoms with Crippen molar-refractivity contribution in [2.45, 2.75) is 13.5 Å². The van der Waals surface area contributed by atoms with E-state index in [1.54, 1.807) is 24.3 Å². The van der Waals surface area contributed by atoms with Gasteiger partial charge in [-0.2, -0.15) is 0 Å². The number of nitrogens with zero attached hydrogens (tertiary/aromatic N) is 1. The molecule has 1 amide bonds. The number of hydrogen-bond acceptors (Lipinski definition) is 4. The molecule has 0 spiro atoms. The summed E-state index contributed by atoms with van der Waals surface area (Å²) in [6, 6.07) is 14.9. The molecule has 4 rings (SSSR count). The highest BCUT2D eigenvalue weighted by Crippen LogP contribution is 2.30. The minimum Gasteiger partial charge on any atom is -0.396 e. The topological polar surface area (TPSA) is 117 Å². The van der Waals surface area contributed by atoms with Crippen molar-refractivity contribution in [1.29, 1.82) is 0 Å². The number of nitrogen functional groups attached to an aromatic ring is 1. The molecular weight excluding hydrogens is 402 g/mol. The number of amides is 1. The number of rotatable bonds is 5. The van der Waals surface area contributed by atoms with Crippen molar-refractivity contribution in [2.24, 2.45) is 0 Å². The lowest BCUT2D eigenvalue weighted by Crippen LogP contribution is -2.37. The first kappa shape index (κ1) is 20.9. The fourth-order valence-corrected chi connectivity index (χ4v) is 3.41. The Morgan fingerprint density at radius 2 is 1.97 bits per heavy atom. The Labute approximate surface area is 184 Å². The molecule has 0 aliphatic heterocycles. The van der Waals surface area contributed by atoms with Gasteiger partial charge in [-0.3, -0.25) is 9.59 Å². The second-order valence-corrected chi connectivity index (χ2v) is 7.31. The fraction of sp³-hybridized carbons (Fsp3) is 0.0800. The number of hydrogen-bond donors (Lipinski definition) is 4. The van der Waals surface area contributed by atoms with Gasteiger partial charge < -0.3 is 21.0 Å². The van der Waals surface area contributed by atoms with Crippen molar-refractivity contribution in [1.82, 2.24) is 20.3 Å².